The minimum atomic E-state index is -3.48. The maximum atomic E-state index is 12.1. The van der Waals surface area contributed by atoms with Crippen molar-refractivity contribution < 1.29 is 13.2 Å². The van der Waals surface area contributed by atoms with Gasteiger partial charge in [-0.05, 0) is 39.8 Å². The monoisotopic (exact) mass is 449 g/mol. The highest BCUT2D eigenvalue weighted by Gasteiger charge is 2.14. The number of rotatable bonds is 7. The van der Waals surface area contributed by atoms with Gasteiger partial charge in [-0.3, -0.25) is 4.72 Å². The number of hydrogen-bond acceptors (Lipinski definition) is 3. The fraction of sp³-hybridized carbons (Fsp3) is 0.318. The molecular formula is C22H28ClN3O3S. The summed E-state index contributed by atoms with van der Waals surface area (Å²) in [6, 6.07) is 11.2. The van der Waals surface area contributed by atoms with Gasteiger partial charge in [-0.1, -0.05) is 69.3 Å². The maximum Gasteiger partial charge on any atom is 0.315 e. The Morgan fingerprint density at radius 3 is 2.13 bits per heavy atom. The molecule has 3 N–H and O–H groups in total. The van der Waals surface area contributed by atoms with Crippen LogP contribution in [0.25, 0.3) is 6.08 Å². The Balaban J connectivity index is 1.96. The normalized spacial score (nSPS) is 11.6. The van der Waals surface area contributed by atoms with Gasteiger partial charge in [-0.2, -0.15) is 0 Å². The first-order chi connectivity index (χ1) is 13.9. The molecule has 0 aliphatic carbocycles. The van der Waals surface area contributed by atoms with Crippen molar-refractivity contribution in [2.24, 2.45) is 0 Å². The number of benzene rings is 2. The second-order valence-electron chi connectivity index (χ2n) is 8.10. The predicted octanol–water partition coefficient (Wildman–Crippen LogP) is 4.65. The predicted molar refractivity (Wildman–Crippen MR) is 124 cm³/mol. The number of amides is 2. The molecule has 0 aliphatic rings. The van der Waals surface area contributed by atoms with Crippen LogP contribution in [0.15, 0.2) is 43.0 Å². The molecule has 0 bridgehead atoms. The van der Waals surface area contributed by atoms with Crippen LogP contribution in [0, 0.1) is 0 Å². The summed E-state index contributed by atoms with van der Waals surface area (Å²) in [5, 5.41) is 5.82. The molecule has 2 rings (SSSR count). The van der Waals surface area contributed by atoms with Crippen LogP contribution in [0.1, 0.15) is 43.0 Å². The molecule has 162 valence electrons. The highest BCUT2D eigenvalue weighted by atomic mass is 35.5. The van der Waals surface area contributed by atoms with Crippen LogP contribution in [-0.2, 0) is 28.5 Å². The number of anilines is 1. The molecule has 2 aromatic rings. The van der Waals surface area contributed by atoms with E-state index in [0.717, 1.165) is 17.4 Å². The second-order valence-corrected chi connectivity index (χ2v) is 10.3. The van der Waals surface area contributed by atoms with Gasteiger partial charge < -0.3 is 10.6 Å². The van der Waals surface area contributed by atoms with E-state index < -0.39 is 10.0 Å². The van der Waals surface area contributed by atoms with Gasteiger partial charge in [0, 0.05) is 13.1 Å². The first-order valence-corrected chi connectivity index (χ1v) is 11.7. The Morgan fingerprint density at radius 2 is 1.63 bits per heavy atom. The molecule has 2 amide bonds. The number of halogens is 1. The fourth-order valence-electron chi connectivity index (χ4n) is 2.79. The van der Waals surface area contributed by atoms with Gasteiger partial charge in [0.25, 0.3) is 0 Å². The summed E-state index contributed by atoms with van der Waals surface area (Å²) in [7, 11) is -3.48. The molecule has 0 fully saturated rings. The first kappa shape index (κ1) is 23.8. The van der Waals surface area contributed by atoms with Gasteiger partial charge in [0.15, 0.2) is 0 Å². The first-order valence-electron chi connectivity index (χ1n) is 9.43. The lowest BCUT2D eigenvalue weighted by Gasteiger charge is -2.19. The van der Waals surface area contributed by atoms with Gasteiger partial charge in [0.05, 0.1) is 17.0 Å². The van der Waals surface area contributed by atoms with Crippen LogP contribution in [0.4, 0.5) is 10.5 Å². The van der Waals surface area contributed by atoms with E-state index in [4.69, 9.17) is 11.6 Å². The summed E-state index contributed by atoms with van der Waals surface area (Å²) in [6.07, 6.45) is 2.55. The van der Waals surface area contributed by atoms with Crippen molar-refractivity contribution in [2.45, 2.75) is 39.3 Å². The van der Waals surface area contributed by atoms with Crippen molar-refractivity contribution in [3.8, 4) is 0 Å². The largest absolute Gasteiger partial charge is 0.334 e. The van der Waals surface area contributed by atoms with Crippen LogP contribution in [0.5, 0.6) is 0 Å². The molecular weight excluding hydrogens is 422 g/mol. The minimum absolute atomic E-state index is 0.0846. The molecule has 0 aliphatic heterocycles. The van der Waals surface area contributed by atoms with Gasteiger partial charge in [-0.15, -0.1) is 0 Å². The van der Waals surface area contributed by atoms with Gasteiger partial charge >= 0.3 is 6.03 Å². The number of nitrogens with one attached hydrogen (secondary N) is 3. The third-order valence-corrected chi connectivity index (χ3v) is 5.29. The van der Waals surface area contributed by atoms with E-state index in [1.807, 2.05) is 12.1 Å². The van der Waals surface area contributed by atoms with Crippen molar-refractivity contribution in [1.29, 1.82) is 0 Å². The molecule has 30 heavy (non-hydrogen) atoms. The van der Waals surface area contributed by atoms with Crippen LogP contribution in [0.3, 0.4) is 0 Å². The average Bonchev–Trinajstić information content (AvgIpc) is 2.65. The molecule has 0 radical (unpaired) electrons. The highest BCUT2D eigenvalue weighted by Crippen LogP contribution is 2.29. The van der Waals surface area contributed by atoms with Crippen LogP contribution >= 0.6 is 11.6 Å². The summed E-state index contributed by atoms with van der Waals surface area (Å²) in [5.74, 6) is 0. The average molecular weight is 450 g/mol. The zero-order chi connectivity index (χ0) is 22.5. The van der Waals surface area contributed by atoms with E-state index in [1.165, 1.54) is 11.6 Å². The molecule has 0 unspecified atom stereocenters. The second kappa shape index (κ2) is 9.53. The minimum Gasteiger partial charge on any atom is -0.334 e. The summed E-state index contributed by atoms with van der Waals surface area (Å²) >= 11 is 6.22. The zero-order valence-electron chi connectivity index (χ0n) is 17.7. The third kappa shape index (κ3) is 7.07. The Hall–Kier alpha value is -2.51. The van der Waals surface area contributed by atoms with Crippen molar-refractivity contribution in [1.82, 2.24) is 10.6 Å². The van der Waals surface area contributed by atoms with Crippen LogP contribution in [-0.4, -0.2) is 20.7 Å². The van der Waals surface area contributed by atoms with Crippen LogP contribution in [0.2, 0.25) is 5.02 Å². The Bertz CT molecular complexity index is 1030. The van der Waals surface area contributed by atoms with Crippen LogP contribution < -0.4 is 15.4 Å². The maximum absolute atomic E-state index is 12.1. The third-order valence-electron chi connectivity index (χ3n) is 4.41. The van der Waals surface area contributed by atoms with E-state index >= 15 is 0 Å². The van der Waals surface area contributed by atoms with E-state index in [1.54, 1.807) is 12.1 Å². The summed E-state index contributed by atoms with van der Waals surface area (Å²) in [5.41, 5.74) is 3.84. The highest BCUT2D eigenvalue weighted by molar-refractivity contribution is 7.92. The summed E-state index contributed by atoms with van der Waals surface area (Å²) < 4.78 is 25.4. The van der Waals surface area contributed by atoms with E-state index in [-0.39, 0.29) is 28.7 Å². The Kier molecular flexibility index (Phi) is 7.55. The molecule has 0 heterocycles. The summed E-state index contributed by atoms with van der Waals surface area (Å²) in [4.78, 5) is 12.1. The zero-order valence-corrected chi connectivity index (χ0v) is 19.2. The number of carbonyl (C=O) groups is 1. The van der Waals surface area contributed by atoms with E-state index in [0.29, 0.717) is 12.1 Å². The quantitative estimate of drug-likeness (QED) is 0.574. The van der Waals surface area contributed by atoms with Crippen molar-refractivity contribution in [3.63, 3.8) is 0 Å². The topological polar surface area (TPSA) is 87.3 Å². The van der Waals surface area contributed by atoms with Crippen molar-refractivity contribution in [2.75, 3.05) is 11.0 Å². The lowest BCUT2D eigenvalue weighted by Crippen LogP contribution is -2.34. The summed E-state index contributed by atoms with van der Waals surface area (Å²) in [6.45, 7) is 10.8. The van der Waals surface area contributed by atoms with E-state index in [2.05, 4.69) is 54.8 Å². The van der Waals surface area contributed by atoms with Gasteiger partial charge in [0.1, 0.15) is 0 Å². The Labute approximate surface area is 183 Å². The number of urea groups is 1. The number of carbonyl (C=O) groups excluding carboxylic acids is 1. The molecule has 0 saturated heterocycles. The smallest absolute Gasteiger partial charge is 0.315 e. The fourth-order valence-corrected chi connectivity index (χ4v) is 3.74. The molecule has 2 aromatic carbocycles. The molecule has 0 aromatic heterocycles. The van der Waals surface area contributed by atoms with Gasteiger partial charge in [-0.25, -0.2) is 13.2 Å². The molecule has 0 atom stereocenters. The molecule has 8 heteroatoms. The van der Waals surface area contributed by atoms with Crippen molar-refractivity contribution >= 4 is 39.4 Å². The molecule has 0 saturated carbocycles. The van der Waals surface area contributed by atoms with Gasteiger partial charge in [0.2, 0.25) is 10.0 Å². The standard InChI is InChI=1S/C22H28ClN3O3S/c1-6-17-11-16(12-19(23)20(17)26-30(5,28)29)14-25-21(27)24-13-15-7-9-18(10-8-15)22(2,3)4/h6-12,26H,1,13-14H2,2-5H3,(H2,24,25,27). The van der Waals surface area contributed by atoms with E-state index in [9.17, 15) is 13.2 Å². The lowest BCUT2D eigenvalue weighted by atomic mass is 9.87. The number of sulfonamides is 1. The molecule has 6 nitrogen and oxygen atoms in total. The number of hydrogen-bond donors (Lipinski definition) is 3. The SMILES string of the molecule is C=Cc1cc(CNC(=O)NCc2ccc(C(C)(C)C)cc2)cc(Cl)c1NS(C)(=O)=O. The van der Waals surface area contributed by atoms with Crippen molar-refractivity contribution in [3.05, 3.63) is 70.3 Å². The Morgan fingerprint density at radius 1 is 1.07 bits per heavy atom. The molecule has 0 spiro atoms. The lowest BCUT2D eigenvalue weighted by molar-refractivity contribution is 0.240.